The van der Waals surface area contributed by atoms with Crippen LogP contribution in [0, 0.1) is 0 Å². The minimum atomic E-state index is -1.09. The van der Waals surface area contributed by atoms with Crippen molar-refractivity contribution in [3.8, 4) is 0 Å². The van der Waals surface area contributed by atoms with Gasteiger partial charge in [0.2, 0.25) is 11.7 Å². The largest absolute Gasteiger partial charge is 0.370 e. The first-order chi connectivity index (χ1) is 5.45. The van der Waals surface area contributed by atoms with Crippen LogP contribution in [0.5, 0.6) is 0 Å². The normalized spacial score (nSPS) is 12.1. The molecule has 0 radical (unpaired) electrons. The number of primary amides is 2. The fourth-order valence-electron chi connectivity index (χ4n) is 0.612. The zero-order valence-electron chi connectivity index (χ0n) is 6.45. The molecular weight excluding hydrogens is 162 g/mol. The van der Waals surface area contributed by atoms with Crippen LogP contribution >= 0.6 is 0 Å². The Balaban J connectivity index is 3.87. The second-order valence-corrected chi connectivity index (χ2v) is 2.34. The van der Waals surface area contributed by atoms with Crippen molar-refractivity contribution in [3.05, 3.63) is 0 Å². The molecule has 0 heterocycles. The van der Waals surface area contributed by atoms with Crippen molar-refractivity contribution in [1.82, 2.24) is 0 Å². The van der Waals surface area contributed by atoms with Gasteiger partial charge in [0.05, 0.1) is 6.04 Å². The predicted octanol–water partition coefficient (Wildman–Crippen LogP) is -2.37. The van der Waals surface area contributed by atoms with E-state index in [-0.39, 0.29) is 12.8 Å². The Morgan fingerprint density at radius 1 is 1.17 bits per heavy atom. The zero-order valence-corrected chi connectivity index (χ0v) is 6.45. The molecule has 2 amide bonds. The molecule has 0 aliphatic carbocycles. The van der Waals surface area contributed by atoms with Crippen LogP contribution in [0.4, 0.5) is 0 Å². The third-order valence-corrected chi connectivity index (χ3v) is 1.28. The summed E-state index contributed by atoms with van der Waals surface area (Å²) in [5.41, 5.74) is 14.7. The van der Waals surface area contributed by atoms with Crippen LogP contribution in [0.1, 0.15) is 12.8 Å². The summed E-state index contributed by atoms with van der Waals surface area (Å²) in [7, 11) is 0. The molecule has 0 aromatic heterocycles. The summed E-state index contributed by atoms with van der Waals surface area (Å²) < 4.78 is 0. The summed E-state index contributed by atoms with van der Waals surface area (Å²) in [5.74, 6) is -2.54. The van der Waals surface area contributed by atoms with Gasteiger partial charge in [0.15, 0.2) is 0 Å². The van der Waals surface area contributed by atoms with E-state index >= 15 is 0 Å². The molecule has 6 N–H and O–H groups in total. The standard InChI is InChI=1S/C6H11N3O3/c7-3(1-2-4(8)10)5(11)6(9)12/h3H,1-2,7H2,(H2,8,10)(H2,9,12)/t3-/m0/s1. The minimum absolute atomic E-state index is 0.0276. The van der Waals surface area contributed by atoms with E-state index in [0.29, 0.717) is 0 Å². The molecule has 0 saturated carbocycles. The second kappa shape index (κ2) is 4.45. The average molecular weight is 173 g/mol. The molecule has 0 bridgehead atoms. The zero-order chi connectivity index (χ0) is 9.72. The van der Waals surface area contributed by atoms with Gasteiger partial charge < -0.3 is 17.2 Å². The van der Waals surface area contributed by atoms with Crippen LogP contribution in [0.15, 0.2) is 0 Å². The number of carbonyl (C=O) groups is 3. The van der Waals surface area contributed by atoms with E-state index in [0.717, 1.165) is 0 Å². The fraction of sp³-hybridized carbons (Fsp3) is 0.500. The first-order valence-electron chi connectivity index (χ1n) is 3.32. The Bertz CT molecular complexity index is 214. The summed E-state index contributed by atoms with van der Waals surface area (Å²) in [6.45, 7) is 0. The maximum absolute atomic E-state index is 10.7. The number of rotatable bonds is 5. The first kappa shape index (κ1) is 10.6. The Kier molecular flexibility index (Phi) is 3.92. The number of Topliss-reactive ketones (excluding diaryl/α,β-unsaturated/α-hetero) is 1. The van der Waals surface area contributed by atoms with Gasteiger partial charge in [0.25, 0.3) is 5.91 Å². The van der Waals surface area contributed by atoms with Gasteiger partial charge in [-0.15, -0.1) is 0 Å². The summed E-state index contributed by atoms with van der Waals surface area (Å²) in [5, 5.41) is 0. The van der Waals surface area contributed by atoms with Gasteiger partial charge >= 0.3 is 0 Å². The van der Waals surface area contributed by atoms with Crippen LogP contribution in [0.25, 0.3) is 0 Å². The third-order valence-electron chi connectivity index (χ3n) is 1.28. The van der Waals surface area contributed by atoms with Crippen LogP contribution in [0.2, 0.25) is 0 Å². The Hall–Kier alpha value is -1.43. The molecule has 12 heavy (non-hydrogen) atoms. The fourth-order valence-corrected chi connectivity index (χ4v) is 0.612. The van der Waals surface area contributed by atoms with E-state index in [1.54, 1.807) is 0 Å². The topological polar surface area (TPSA) is 129 Å². The molecule has 0 spiro atoms. The molecule has 0 unspecified atom stereocenters. The lowest BCUT2D eigenvalue weighted by molar-refractivity contribution is -0.136. The maximum Gasteiger partial charge on any atom is 0.286 e. The predicted molar refractivity (Wildman–Crippen MR) is 40.6 cm³/mol. The summed E-state index contributed by atoms with van der Waals surface area (Å²) >= 11 is 0. The molecule has 0 fully saturated rings. The van der Waals surface area contributed by atoms with Crippen molar-refractivity contribution in [2.75, 3.05) is 0 Å². The summed E-state index contributed by atoms with van der Waals surface area (Å²) in [6, 6.07) is -1.02. The van der Waals surface area contributed by atoms with Crippen LogP contribution in [-0.4, -0.2) is 23.6 Å². The average Bonchev–Trinajstić information content (AvgIpc) is 1.98. The van der Waals surface area contributed by atoms with Crippen molar-refractivity contribution in [2.45, 2.75) is 18.9 Å². The van der Waals surface area contributed by atoms with E-state index in [4.69, 9.17) is 11.5 Å². The molecule has 6 heteroatoms. The Labute approximate surface area is 69.1 Å². The number of hydrogen-bond donors (Lipinski definition) is 3. The highest BCUT2D eigenvalue weighted by molar-refractivity contribution is 6.37. The molecular formula is C6H11N3O3. The quantitative estimate of drug-likeness (QED) is 0.401. The van der Waals surface area contributed by atoms with Crippen molar-refractivity contribution in [2.24, 2.45) is 17.2 Å². The second-order valence-electron chi connectivity index (χ2n) is 2.34. The monoisotopic (exact) mass is 173 g/mol. The van der Waals surface area contributed by atoms with E-state index in [9.17, 15) is 14.4 Å². The summed E-state index contributed by atoms with van der Waals surface area (Å²) in [6.07, 6.45) is 0.0251. The number of ketones is 1. The molecule has 0 aromatic carbocycles. The lowest BCUT2D eigenvalue weighted by Crippen LogP contribution is -2.40. The third kappa shape index (κ3) is 3.67. The van der Waals surface area contributed by atoms with Crippen LogP contribution in [-0.2, 0) is 14.4 Å². The number of carbonyl (C=O) groups excluding carboxylic acids is 3. The Morgan fingerprint density at radius 3 is 2.00 bits per heavy atom. The van der Waals surface area contributed by atoms with Crippen molar-refractivity contribution < 1.29 is 14.4 Å². The lowest BCUT2D eigenvalue weighted by Gasteiger charge is -2.05. The van der Waals surface area contributed by atoms with Gasteiger partial charge in [0.1, 0.15) is 0 Å². The number of hydrogen-bond acceptors (Lipinski definition) is 4. The molecule has 0 rings (SSSR count). The molecule has 68 valence electrons. The molecule has 0 aliphatic heterocycles. The van der Waals surface area contributed by atoms with Crippen molar-refractivity contribution in [3.63, 3.8) is 0 Å². The smallest absolute Gasteiger partial charge is 0.286 e. The highest BCUT2D eigenvalue weighted by atomic mass is 16.2. The van der Waals surface area contributed by atoms with Crippen LogP contribution < -0.4 is 17.2 Å². The van der Waals surface area contributed by atoms with Crippen molar-refractivity contribution in [1.29, 1.82) is 0 Å². The minimum Gasteiger partial charge on any atom is -0.370 e. The summed E-state index contributed by atoms with van der Waals surface area (Å²) in [4.78, 5) is 31.2. The van der Waals surface area contributed by atoms with E-state index in [1.807, 2.05) is 0 Å². The molecule has 6 nitrogen and oxygen atoms in total. The van der Waals surface area contributed by atoms with E-state index < -0.39 is 23.6 Å². The molecule has 0 aliphatic rings. The van der Waals surface area contributed by atoms with E-state index in [2.05, 4.69) is 5.73 Å². The highest BCUT2D eigenvalue weighted by Gasteiger charge is 2.18. The number of amides is 2. The highest BCUT2D eigenvalue weighted by Crippen LogP contribution is 1.94. The van der Waals surface area contributed by atoms with Gasteiger partial charge in [-0.25, -0.2) is 0 Å². The Morgan fingerprint density at radius 2 is 1.67 bits per heavy atom. The molecule has 0 aromatic rings. The van der Waals surface area contributed by atoms with Gasteiger partial charge in [-0.1, -0.05) is 0 Å². The molecule has 1 atom stereocenters. The van der Waals surface area contributed by atoms with Gasteiger partial charge in [-0.05, 0) is 6.42 Å². The SMILES string of the molecule is NC(=O)CC[C@H](N)C(=O)C(N)=O. The van der Waals surface area contributed by atoms with Gasteiger partial charge in [0, 0.05) is 6.42 Å². The lowest BCUT2D eigenvalue weighted by atomic mass is 10.1. The first-order valence-corrected chi connectivity index (χ1v) is 3.32. The maximum atomic E-state index is 10.7. The van der Waals surface area contributed by atoms with Gasteiger partial charge in [-0.2, -0.15) is 0 Å². The molecule has 0 saturated heterocycles. The van der Waals surface area contributed by atoms with Crippen molar-refractivity contribution >= 4 is 17.6 Å². The van der Waals surface area contributed by atoms with E-state index in [1.165, 1.54) is 0 Å². The number of nitrogens with two attached hydrogens (primary N) is 3. The van der Waals surface area contributed by atoms with Gasteiger partial charge in [-0.3, -0.25) is 14.4 Å². The van der Waals surface area contributed by atoms with Crippen LogP contribution in [0.3, 0.4) is 0 Å².